The van der Waals surface area contributed by atoms with Gasteiger partial charge in [-0.15, -0.1) is 0 Å². The number of benzene rings is 1. The Kier molecular flexibility index (Phi) is 5.23. The molecule has 3 atom stereocenters. The summed E-state index contributed by atoms with van der Waals surface area (Å²) in [5.74, 6) is 1.50. The van der Waals surface area contributed by atoms with E-state index in [-0.39, 0.29) is 0 Å². The maximum atomic E-state index is 5.82. The Morgan fingerprint density at radius 1 is 1.32 bits per heavy atom. The Balaban J connectivity index is 2.12. The van der Waals surface area contributed by atoms with Crippen molar-refractivity contribution in [1.82, 2.24) is 5.32 Å². The first kappa shape index (κ1) is 14.4. The molecular formula is C16H25NO2. The number of nitrogens with one attached hydrogen (secondary N) is 1. The second-order valence-electron chi connectivity index (χ2n) is 5.04. The molecule has 1 aromatic carbocycles. The highest BCUT2D eigenvalue weighted by atomic mass is 16.5. The van der Waals surface area contributed by atoms with Crippen LogP contribution in [-0.4, -0.2) is 26.4 Å². The van der Waals surface area contributed by atoms with E-state index in [1.807, 2.05) is 14.0 Å². The number of hydrogen-bond acceptors (Lipinski definition) is 3. The van der Waals surface area contributed by atoms with Gasteiger partial charge in [0, 0.05) is 18.6 Å². The van der Waals surface area contributed by atoms with E-state index in [1.54, 1.807) is 0 Å². The first-order valence-electron chi connectivity index (χ1n) is 7.31. The molecule has 106 valence electrons. The fourth-order valence-electron chi connectivity index (χ4n) is 3.03. The van der Waals surface area contributed by atoms with Gasteiger partial charge in [-0.25, -0.2) is 0 Å². The second kappa shape index (κ2) is 6.92. The fourth-order valence-corrected chi connectivity index (χ4v) is 3.03. The van der Waals surface area contributed by atoms with E-state index in [2.05, 4.69) is 36.5 Å². The molecule has 1 heterocycles. The summed E-state index contributed by atoms with van der Waals surface area (Å²) in [4.78, 5) is 0. The van der Waals surface area contributed by atoms with Crippen LogP contribution >= 0.6 is 0 Å². The molecule has 0 radical (unpaired) electrons. The van der Waals surface area contributed by atoms with Crippen molar-refractivity contribution in [3.05, 3.63) is 29.8 Å². The van der Waals surface area contributed by atoms with Crippen LogP contribution in [0.1, 0.15) is 38.3 Å². The summed E-state index contributed by atoms with van der Waals surface area (Å²) in [6, 6.07) is 8.80. The molecule has 19 heavy (non-hydrogen) atoms. The summed E-state index contributed by atoms with van der Waals surface area (Å²) in [5, 5.41) is 3.46. The highest BCUT2D eigenvalue weighted by Gasteiger charge is 2.33. The van der Waals surface area contributed by atoms with Crippen LogP contribution in [0.15, 0.2) is 24.3 Å². The molecule has 0 saturated carbocycles. The van der Waals surface area contributed by atoms with Gasteiger partial charge < -0.3 is 14.8 Å². The van der Waals surface area contributed by atoms with E-state index < -0.39 is 0 Å². The van der Waals surface area contributed by atoms with E-state index in [0.717, 1.165) is 25.2 Å². The minimum atomic E-state index is 0.364. The summed E-state index contributed by atoms with van der Waals surface area (Å²) in [5.41, 5.74) is 1.32. The first-order chi connectivity index (χ1) is 9.30. The SMILES string of the molecule is CCOc1ccc(C(NC)C2CCOC2CC)cc1. The van der Waals surface area contributed by atoms with Crippen molar-refractivity contribution in [3.63, 3.8) is 0 Å². The lowest BCUT2D eigenvalue weighted by Gasteiger charge is -2.27. The van der Waals surface area contributed by atoms with Crippen LogP contribution in [0.4, 0.5) is 0 Å². The van der Waals surface area contributed by atoms with Crippen LogP contribution in [0.25, 0.3) is 0 Å². The van der Waals surface area contributed by atoms with Gasteiger partial charge in [0.15, 0.2) is 0 Å². The highest BCUT2D eigenvalue weighted by molar-refractivity contribution is 5.29. The minimum absolute atomic E-state index is 0.364. The predicted molar refractivity (Wildman–Crippen MR) is 77.5 cm³/mol. The Labute approximate surface area is 116 Å². The second-order valence-corrected chi connectivity index (χ2v) is 5.04. The molecule has 0 aromatic heterocycles. The zero-order valence-electron chi connectivity index (χ0n) is 12.2. The van der Waals surface area contributed by atoms with E-state index in [0.29, 0.717) is 24.7 Å². The highest BCUT2D eigenvalue weighted by Crippen LogP contribution is 2.35. The van der Waals surface area contributed by atoms with Gasteiger partial charge in [0.25, 0.3) is 0 Å². The lowest BCUT2D eigenvalue weighted by Crippen LogP contribution is -2.30. The van der Waals surface area contributed by atoms with Crippen LogP contribution in [0, 0.1) is 5.92 Å². The van der Waals surface area contributed by atoms with E-state index in [4.69, 9.17) is 9.47 Å². The zero-order chi connectivity index (χ0) is 13.7. The monoisotopic (exact) mass is 263 g/mol. The normalized spacial score (nSPS) is 24.4. The Morgan fingerprint density at radius 3 is 2.63 bits per heavy atom. The van der Waals surface area contributed by atoms with Gasteiger partial charge in [-0.1, -0.05) is 19.1 Å². The molecule has 0 amide bonds. The smallest absolute Gasteiger partial charge is 0.119 e. The topological polar surface area (TPSA) is 30.5 Å². The third-order valence-electron chi connectivity index (χ3n) is 3.95. The van der Waals surface area contributed by atoms with Crippen molar-refractivity contribution in [2.75, 3.05) is 20.3 Å². The van der Waals surface area contributed by atoms with Crippen molar-refractivity contribution in [2.45, 2.75) is 38.8 Å². The van der Waals surface area contributed by atoms with Gasteiger partial charge in [0.1, 0.15) is 5.75 Å². The van der Waals surface area contributed by atoms with Gasteiger partial charge in [-0.05, 0) is 44.5 Å². The van der Waals surface area contributed by atoms with Crippen molar-refractivity contribution in [2.24, 2.45) is 5.92 Å². The summed E-state index contributed by atoms with van der Waals surface area (Å²) in [6.45, 7) is 5.81. The standard InChI is InChI=1S/C16H25NO2/c1-4-15-14(10-11-19-15)16(17-3)12-6-8-13(9-7-12)18-5-2/h6-9,14-17H,4-5,10-11H2,1-3H3. The Morgan fingerprint density at radius 2 is 2.05 bits per heavy atom. The van der Waals surface area contributed by atoms with Gasteiger partial charge >= 0.3 is 0 Å². The Hall–Kier alpha value is -1.06. The van der Waals surface area contributed by atoms with Gasteiger partial charge in [-0.3, -0.25) is 0 Å². The molecular weight excluding hydrogens is 238 g/mol. The quantitative estimate of drug-likeness (QED) is 0.855. The largest absolute Gasteiger partial charge is 0.494 e. The molecule has 0 bridgehead atoms. The molecule has 1 aliphatic rings. The molecule has 1 aliphatic heterocycles. The molecule has 0 aliphatic carbocycles. The number of hydrogen-bond donors (Lipinski definition) is 1. The molecule has 3 unspecified atom stereocenters. The third kappa shape index (κ3) is 3.28. The molecule has 3 nitrogen and oxygen atoms in total. The lowest BCUT2D eigenvalue weighted by atomic mass is 9.87. The number of rotatable bonds is 6. The molecule has 1 N–H and O–H groups in total. The van der Waals surface area contributed by atoms with Crippen molar-refractivity contribution < 1.29 is 9.47 Å². The molecule has 0 spiro atoms. The molecule has 1 aromatic rings. The van der Waals surface area contributed by atoms with Crippen molar-refractivity contribution >= 4 is 0 Å². The van der Waals surface area contributed by atoms with E-state index >= 15 is 0 Å². The summed E-state index contributed by atoms with van der Waals surface area (Å²) >= 11 is 0. The van der Waals surface area contributed by atoms with Crippen LogP contribution in [0.2, 0.25) is 0 Å². The van der Waals surface area contributed by atoms with E-state index in [1.165, 1.54) is 5.56 Å². The average molecular weight is 263 g/mol. The summed E-state index contributed by atoms with van der Waals surface area (Å²) in [6.07, 6.45) is 2.60. The third-order valence-corrected chi connectivity index (χ3v) is 3.95. The predicted octanol–water partition coefficient (Wildman–Crippen LogP) is 3.16. The summed E-state index contributed by atoms with van der Waals surface area (Å²) < 4.78 is 11.3. The molecule has 2 rings (SSSR count). The maximum absolute atomic E-state index is 5.82. The van der Waals surface area contributed by atoms with Crippen molar-refractivity contribution in [1.29, 1.82) is 0 Å². The van der Waals surface area contributed by atoms with Gasteiger partial charge in [0.05, 0.1) is 12.7 Å². The maximum Gasteiger partial charge on any atom is 0.119 e. The summed E-state index contributed by atoms with van der Waals surface area (Å²) in [7, 11) is 2.03. The van der Waals surface area contributed by atoms with Gasteiger partial charge in [0.2, 0.25) is 0 Å². The van der Waals surface area contributed by atoms with Crippen LogP contribution in [0.3, 0.4) is 0 Å². The average Bonchev–Trinajstić information content (AvgIpc) is 2.90. The fraction of sp³-hybridized carbons (Fsp3) is 0.625. The molecule has 1 fully saturated rings. The van der Waals surface area contributed by atoms with Crippen LogP contribution in [0.5, 0.6) is 5.75 Å². The van der Waals surface area contributed by atoms with Gasteiger partial charge in [-0.2, -0.15) is 0 Å². The lowest BCUT2D eigenvalue weighted by molar-refractivity contribution is 0.0782. The van der Waals surface area contributed by atoms with Crippen LogP contribution in [-0.2, 0) is 4.74 Å². The Bertz CT molecular complexity index is 377. The molecule has 3 heteroatoms. The van der Waals surface area contributed by atoms with E-state index in [9.17, 15) is 0 Å². The number of ether oxygens (including phenoxy) is 2. The molecule has 1 saturated heterocycles. The minimum Gasteiger partial charge on any atom is -0.494 e. The first-order valence-corrected chi connectivity index (χ1v) is 7.31. The zero-order valence-corrected chi connectivity index (χ0v) is 12.2. The van der Waals surface area contributed by atoms with Crippen molar-refractivity contribution in [3.8, 4) is 5.75 Å². The van der Waals surface area contributed by atoms with Crippen LogP contribution < -0.4 is 10.1 Å².